The van der Waals surface area contributed by atoms with Gasteiger partial charge in [0.25, 0.3) is 5.91 Å². The van der Waals surface area contributed by atoms with Gasteiger partial charge in [-0.2, -0.15) is 0 Å². The van der Waals surface area contributed by atoms with Crippen molar-refractivity contribution in [3.8, 4) is 0 Å². The number of anilines is 1. The maximum Gasteiger partial charge on any atom is 0.251 e. The second-order valence-corrected chi connectivity index (χ2v) is 5.97. The van der Waals surface area contributed by atoms with E-state index >= 15 is 0 Å². The van der Waals surface area contributed by atoms with Crippen molar-refractivity contribution in [1.82, 2.24) is 10.3 Å². The fourth-order valence-electron chi connectivity index (χ4n) is 1.84. The van der Waals surface area contributed by atoms with Gasteiger partial charge in [-0.3, -0.25) is 4.79 Å². The SMILES string of the molecule is CCCNc1cc(C(=O)NCC(C)CC)cc(C(C)C)n1. The molecule has 0 spiro atoms. The highest BCUT2D eigenvalue weighted by Gasteiger charge is 2.12. The minimum absolute atomic E-state index is 0.0147. The van der Waals surface area contributed by atoms with Gasteiger partial charge in [0.05, 0.1) is 0 Å². The molecular formula is C17H29N3O. The van der Waals surface area contributed by atoms with Crippen LogP contribution in [-0.4, -0.2) is 24.0 Å². The second kappa shape index (κ2) is 8.65. The molecule has 0 radical (unpaired) electrons. The van der Waals surface area contributed by atoms with Crippen LogP contribution in [0, 0.1) is 5.92 Å². The summed E-state index contributed by atoms with van der Waals surface area (Å²) >= 11 is 0. The Kier molecular flexibility index (Phi) is 7.20. The molecule has 21 heavy (non-hydrogen) atoms. The van der Waals surface area contributed by atoms with Gasteiger partial charge in [0.15, 0.2) is 0 Å². The third-order valence-corrected chi connectivity index (χ3v) is 3.56. The van der Waals surface area contributed by atoms with Crippen molar-refractivity contribution in [2.24, 2.45) is 5.92 Å². The third kappa shape index (κ3) is 5.74. The van der Waals surface area contributed by atoms with E-state index in [4.69, 9.17) is 0 Å². The Balaban J connectivity index is 2.88. The topological polar surface area (TPSA) is 54.0 Å². The van der Waals surface area contributed by atoms with Crippen LogP contribution in [0.2, 0.25) is 0 Å². The Bertz CT molecular complexity index is 457. The molecule has 0 aliphatic heterocycles. The number of carbonyl (C=O) groups excluding carboxylic acids is 1. The van der Waals surface area contributed by atoms with Crippen LogP contribution in [-0.2, 0) is 0 Å². The van der Waals surface area contributed by atoms with E-state index in [9.17, 15) is 4.79 Å². The van der Waals surface area contributed by atoms with Gasteiger partial charge >= 0.3 is 0 Å². The normalized spacial score (nSPS) is 12.3. The van der Waals surface area contributed by atoms with E-state index in [1.165, 1.54) is 0 Å². The zero-order chi connectivity index (χ0) is 15.8. The Morgan fingerprint density at radius 1 is 1.24 bits per heavy atom. The standard InChI is InChI=1S/C17H29N3O/c1-6-8-18-16-10-14(9-15(20-16)12(3)4)17(21)19-11-13(5)7-2/h9-10,12-13H,6-8,11H2,1-5H3,(H,18,20)(H,19,21). The van der Waals surface area contributed by atoms with Crippen molar-refractivity contribution >= 4 is 11.7 Å². The molecule has 1 heterocycles. The molecule has 0 aliphatic carbocycles. The van der Waals surface area contributed by atoms with Gasteiger partial charge in [0, 0.05) is 24.3 Å². The highest BCUT2D eigenvalue weighted by Crippen LogP contribution is 2.18. The summed E-state index contributed by atoms with van der Waals surface area (Å²) < 4.78 is 0. The van der Waals surface area contributed by atoms with Gasteiger partial charge in [-0.15, -0.1) is 0 Å². The van der Waals surface area contributed by atoms with Crippen LogP contribution in [0.5, 0.6) is 0 Å². The lowest BCUT2D eigenvalue weighted by molar-refractivity contribution is 0.0947. The molecule has 0 saturated carbocycles. The average Bonchev–Trinajstić information content (AvgIpc) is 2.49. The van der Waals surface area contributed by atoms with Gasteiger partial charge in [-0.1, -0.05) is 41.0 Å². The van der Waals surface area contributed by atoms with Gasteiger partial charge in [-0.05, 0) is 30.4 Å². The van der Waals surface area contributed by atoms with E-state index in [2.05, 4.69) is 50.2 Å². The summed E-state index contributed by atoms with van der Waals surface area (Å²) in [6.07, 6.45) is 2.10. The predicted octanol–water partition coefficient (Wildman–Crippen LogP) is 3.80. The van der Waals surface area contributed by atoms with Crippen LogP contribution < -0.4 is 10.6 Å². The van der Waals surface area contributed by atoms with Crippen molar-refractivity contribution in [1.29, 1.82) is 0 Å². The van der Waals surface area contributed by atoms with Crippen molar-refractivity contribution in [3.05, 3.63) is 23.4 Å². The predicted molar refractivity (Wildman–Crippen MR) is 88.9 cm³/mol. The zero-order valence-electron chi connectivity index (χ0n) is 14.0. The number of hydrogen-bond donors (Lipinski definition) is 2. The Hall–Kier alpha value is -1.58. The largest absolute Gasteiger partial charge is 0.370 e. The van der Waals surface area contributed by atoms with Crippen molar-refractivity contribution in [2.75, 3.05) is 18.4 Å². The van der Waals surface area contributed by atoms with Gasteiger partial charge < -0.3 is 10.6 Å². The van der Waals surface area contributed by atoms with Crippen molar-refractivity contribution < 1.29 is 4.79 Å². The minimum atomic E-state index is -0.0147. The fourth-order valence-corrected chi connectivity index (χ4v) is 1.84. The molecule has 0 aromatic carbocycles. The first-order valence-electron chi connectivity index (χ1n) is 8.01. The number of pyridine rings is 1. The van der Waals surface area contributed by atoms with Crippen LogP contribution in [0.4, 0.5) is 5.82 Å². The summed E-state index contributed by atoms with van der Waals surface area (Å²) in [6.45, 7) is 12.1. The molecule has 1 aromatic heterocycles. The van der Waals surface area contributed by atoms with E-state index in [0.717, 1.165) is 30.9 Å². The van der Waals surface area contributed by atoms with Crippen LogP contribution >= 0.6 is 0 Å². The monoisotopic (exact) mass is 291 g/mol. The van der Waals surface area contributed by atoms with Gasteiger partial charge in [0.2, 0.25) is 0 Å². The summed E-state index contributed by atoms with van der Waals surface area (Å²) in [5.41, 5.74) is 1.64. The van der Waals surface area contributed by atoms with Crippen molar-refractivity contribution in [2.45, 2.75) is 53.4 Å². The lowest BCUT2D eigenvalue weighted by Crippen LogP contribution is -2.28. The van der Waals surface area contributed by atoms with E-state index in [0.29, 0.717) is 23.9 Å². The molecule has 1 atom stereocenters. The molecule has 0 bridgehead atoms. The van der Waals surface area contributed by atoms with E-state index in [1.54, 1.807) is 0 Å². The number of aromatic nitrogens is 1. The molecule has 1 aromatic rings. The van der Waals surface area contributed by atoms with Crippen LogP contribution in [0.1, 0.15) is 69.4 Å². The molecule has 1 unspecified atom stereocenters. The quantitative estimate of drug-likeness (QED) is 0.766. The highest BCUT2D eigenvalue weighted by atomic mass is 16.1. The number of amides is 1. The lowest BCUT2D eigenvalue weighted by Gasteiger charge is -2.14. The zero-order valence-corrected chi connectivity index (χ0v) is 14.0. The third-order valence-electron chi connectivity index (χ3n) is 3.56. The number of hydrogen-bond acceptors (Lipinski definition) is 3. The smallest absolute Gasteiger partial charge is 0.251 e. The summed E-state index contributed by atoms with van der Waals surface area (Å²) in [5.74, 6) is 1.57. The van der Waals surface area contributed by atoms with E-state index < -0.39 is 0 Å². The molecule has 4 nitrogen and oxygen atoms in total. The molecule has 0 saturated heterocycles. The van der Waals surface area contributed by atoms with Crippen LogP contribution in [0.25, 0.3) is 0 Å². The van der Waals surface area contributed by atoms with Gasteiger partial charge in [0.1, 0.15) is 5.82 Å². The lowest BCUT2D eigenvalue weighted by atomic mass is 10.1. The average molecular weight is 291 g/mol. The molecule has 1 amide bonds. The maximum absolute atomic E-state index is 12.3. The Morgan fingerprint density at radius 2 is 1.95 bits per heavy atom. The molecule has 0 fully saturated rings. The minimum Gasteiger partial charge on any atom is -0.370 e. The Labute approximate surface area is 128 Å². The van der Waals surface area contributed by atoms with Crippen LogP contribution in [0.3, 0.4) is 0 Å². The summed E-state index contributed by atoms with van der Waals surface area (Å²) in [4.78, 5) is 16.9. The summed E-state index contributed by atoms with van der Waals surface area (Å²) in [7, 11) is 0. The first-order valence-corrected chi connectivity index (χ1v) is 8.01. The fraction of sp³-hybridized carbons (Fsp3) is 0.647. The number of rotatable bonds is 8. The first kappa shape index (κ1) is 17.5. The number of carbonyl (C=O) groups is 1. The number of nitrogens with one attached hydrogen (secondary N) is 2. The second-order valence-electron chi connectivity index (χ2n) is 5.97. The number of nitrogens with zero attached hydrogens (tertiary/aromatic N) is 1. The maximum atomic E-state index is 12.3. The van der Waals surface area contributed by atoms with E-state index in [1.807, 2.05) is 12.1 Å². The van der Waals surface area contributed by atoms with Crippen molar-refractivity contribution in [3.63, 3.8) is 0 Å². The first-order chi connectivity index (χ1) is 9.97. The molecule has 4 heteroatoms. The van der Waals surface area contributed by atoms with Gasteiger partial charge in [-0.25, -0.2) is 4.98 Å². The molecule has 0 aliphatic rings. The highest BCUT2D eigenvalue weighted by molar-refractivity contribution is 5.95. The molecule has 1 rings (SSSR count). The molecular weight excluding hydrogens is 262 g/mol. The molecule has 118 valence electrons. The summed E-state index contributed by atoms with van der Waals surface area (Å²) in [5, 5.41) is 6.27. The molecule has 2 N–H and O–H groups in total. The van der Waals surface area contributed by atoms with E-state index in [-0.39, 0.29) is 5.91 Å². The Morgan fingerprint density at radius 3 is 2.52 bits per heavy atom. The summed E-state index contributed by atoms with van der Waals surface area (Å²) in [6, 6.07) is 3.74. The van der Waals surface area contributed by atoms with Crippen LogP contribution in [0.15, 0.2) is 12.1 Å².